The first-order valence-electron chi connectivity index (χ1n) is 7.78. The smallest absolute Gasteiger partial charge is 0.323 e. The summed E-state index contributed by atoms with van der Waals surface area (Å²) in [5.41, 5.74) is 0.968. The Kier molecular flexibility index (Phi) is 5.95. The van der Waals surface area contributed by atoms with Crippen molar-refractivity contribution >= 4 is 11.9 Å². The van der Waals surface area contributed by atoms with Crippen molar-refractivity contribution in [2.24, 2.45) is 5.92 Å². The number of rotatable bonds is 6. The molecule has 0 bridgehead atoms. The minimum Gasteiger partial charge on any atom is -0.460 e. The predicted molar refractivity (Wildman–Crippen MR) is 84.0 cm³/mol. The third kappa shape index (κ3) is 5.15. The monoisotopic (exact) mass is 304 g/mol. The molecule has 5 heteroatoms. The molecule has 1 aliphatic rings. The molecule has 1 fully saturated rings. The standard InChI is InChI=1S/C17H24N2O3/c1-12(2)8-16(20)19-14-9-15(18-10-14)17(21)22-11-13-6-4-3-5-7-13/h3-7,12,14-15,18H,8-11H2,1-2H3,(H,19,20). The number of nitrogens with one attached hydrogen (secondary N) is 2. The summed E-state index contributed by atoms with van der Waals surface area (Å²) in [6.45, 7) is 4.91. The van der Waals surface area contributed by atoms with Gasteiger partial charge in [-0.15, -0.1) is 0 Å². The van der Waals surface area contributed by atoms with Crippen LogP contribution < -0.4 is 10.6 Å². The van der Waals surface area contributed by atoms with Gasteiger partial charge in [0.25, 0.3) is 0 Å². The van der Waals surface area contributed by atoms with Crippen molar-refractivity contribution in [3.05, 3.63) is 35.9 Å². The average Bonchev–Trinajstić information content (AvgIpc) is 2.93. The Labute approximate surface area is 131 Å². The van der Waals surface area contributed by atoms with Gasteiger partial charge >= 0.3 is 5.97 Å². The molecule has 2 unspecified atom stereocenters. The lowest BCUT2D eigenvalue weighted by atomic mass is 10.1. The summed E-state index contributed by atoms with van der Waals surface area (Å²) in [6, 6.07) is 9.26. The first-order valence-corrected chi connectivity index (χ1v) is 7.78. The van der Waals surface area contributed by atoms with Gasteiger partial charge < -0.3 is 15.4 Å². The van der Waals surface area contributed by atoms with Gasteiger partial charge in [-0.2, -0.15) is 0 Å². The van der Waals surface area contributed by atoms with Gasteiger partial charge in [0.05, 0.1) is 0 Å². The highest BCUT2D eigenvalue weighted by Crippen LogP contribution is 2.11. The fraction of sp³-hybridized carbons (Fsp3) is 0.529. The van der Waals surface area contributed by atoms with Crippen molar-refractivity contribution in [3.63, 3.8) is 0 Å². The molecule has 2 N–H and O–H groups in total. The number of esters is 1. The molecule has 0 spiro atoms. The minimum absolute atomic E-state index is 0.000486. The summed E-state index contributed by atoms with van der Waals surface area (Å²) >= 11 is 0. The number of ether oxygens (including phenoxy) is 1. The maximum Gasteiger partial charge on any atom is 0.323 e. The Morgan fingerprint density at radius 1 is 1.32 bits per heavy atom. The summed E-state index contributed by atoms with van der Waals surface area (Å²) in [5, 5.41) is 6.07. The van der Waals surface area contributed by atoms with Gasteiger partial charge in [-0.3, -0.25) is 9.59 Å². The van der Waals surface area contributed by atoms with Crippen LogP contribution in [0.1, 0.15) is 32.3 Å². The first-order chi connectivity index (χ1) is 10.5. The molecule has 1 heterocycles. The molecule has 1 amide bonds. The van der Waals surface area contributed by atoms with E-state index in [4.69, 9.17) is 4.74 Å². The fourth-order valence-electron chi connectivity index (χ4n) is 2.51. The molecule has 0 aliphatic carbocycles. The molecule has 1 saturated heterocycles. The number of carbonyl (C=O) groups excluding carboxylic acids is 2. The summed E-state index contributed by atoms with van der Waals surface area (Å²) in [6.07, 6.45) is 1.09. The van der Waals surface area contributed by atoms with E-state index in [1.807, 2.05) is 44.2 Å². The van der Waals surface area contributed by atoms with Gasteiger partial charge in [0, 0.05) is 19.0 Å². The van der Waals surface area contributed by atoms with E-state index in [0.29, 0.717) is 25.3 Å². The topological polar surface area (TPSA) is 67.4 Å². The molecular weight excluding hydrogens is 280 g/mol. The van der Waals surface area contributed by atoms with Gasteiger partial charge in [-0.05, 0) is 17.9 Å². The summed E-state index contributed by atoms with van der Waals surface area (Å²) in [5.74, 6) is 0.116. The van der Waals surface area contributed by atoms with E-state index in [9.17, 15) is 9.59 Å². The van der Waals surface area contributed by atoms with Crippen LogP contribution in [0.15, 0.2) is 30.3 Å². The number of benzene rings is 1. The van der Waals surface area contributed by atoms with Crippen molar-refractivity contribution in [2.75, 3.05) is 6.54 Å². The second-order valence-corrected chi connectivity index (χ2v) is 6.15. The maximum absolute atomic E-state index is 12.0. The SMILES string of the molecule is CC(C)CC(=O)NC1CNC(C(=O)OCc2ccccc2)C1. The molecule has 1 aromatic carbocycles. The molecule has 120 valence electrons. The van der Waals surface area contributed by atoms with Crippen LogP contribution in [-0.4, -0.2) is 30.5 Å². The van der Waals surface area contributed by atoms with Gasteiger partial charge in [0.15, 0.2) is 0 Å². The lowest BCUT2D eigenvalue weighted by molar-refractivity contribution is -0.147. The fourth-order valence-corrected chi connectivity index (χ4v) is 2.51. The second kappa shape index (κ2) is 7.94. The highest BCUT2D eigenvalue weighted by molar-refractivity contribution is 5.78. The van der Waals surface area contributed by atoms with E-state index in [1.54, 1.807) is 0 Å². The van der Waals surface area contributed by atoms with Crippen LogP contribution >= 0.6 is 0 Å². The summed E-state index contributed by atoms with van der Waals surface area (Å²) in [4.78, 5) is 23.8. The Morgan fingerprint density at radius 3 is 2.73 bits per heavy atom. The van der Waals surface area contributed by atoms with E-state index in [1.165, 1.54) is 0 Å². The van der Waals surface area contributed by atoms with Crippen molar-refractivity contribution in [1.82, 2.24) is 10.6 Å². The van der Waals surface area contributed by atoms with Crippen LogP contribution in [0.3, 0.4) is 0 Å². The molecule has 2 atom stereocenters. The van der Waals surface area contributed by atoms with Crippen molar-refractivity contribution in [1.29, 1.82) is 0 Å². The van der Waals surface area contributed by atoms with Gasteiger partial charge in [-0.1, -0.05) is 44.2 Å². The predicted octanol–water partition coefficient (Wildman–Crippen LogP) is 1.62. The molecule has 1 aromatic rings. The molecule has 22 heavy (non-hydrogen) atoms. The lowest BCUT2D eigenvalue weighted by Gasteiger charge is -2.13. The molecule has 0 radical (unpaired) electrons. The number of amides is 1. The summed E-state index contributed by atoms with van der Waals surface area (Å²) < 4.78 is 5.32. The van der Waals surface area contributed by atoms with E-state index in [-0.39, 0.29) is 30.6 Å². The lowest BCUT2D eigenvalue weighted by Crippen LogP contribution is -2.36. The van der Waals surface area contributed by atoms with Crippen LogP contribution in [0.5, 0.6) is 0 Å². The second-order valence-electron chi connectivity index (χ2n) is 6.15. The molecule has 5 nitrogen and oxygen atoms in total. The first kappa shape index (κ1) is 16.5. The Balaban J connectivity index is 1.73. The van der Waals surface area contributed by atoms with Crippen molar-refractivity contribution < 1.29 is 14.3 Å². The van der Waals surface area contributed by atoms with E-state index < -0.39 is 0 Å². The molecule has 0 saturated carbocycles. The maximum atomic E-state index is 12.0. The molecular formula is C17H24N2O3. The molecule has 0 aromatic heterocycles. The zero-order chi connectivity index (χ0) is 15.9. The van der Waals surface area contributed by atoms with Crippen LogP contribution in [0, 0.1) is 5.92 Å². The third-order valence-corrected chi connectivity index (χ3v) is 3.60. The van der Waals surface area contributed by atoms with Crippen LogP contribution in [-0.2, 0) is 20.9 Å². The van der Waals surface area contributed by atoms with Crippen LogP contribution in [0.25, 0.3) is 0 Å². The number of hydrogen-bond acceptors (Lipinski definition) is 4. The minimum atomic E-state index is -0.340. The summed E-state index contributed by atoms with van der Waals surface area (Å²) in [7, 11) is 0. The highest BCUT2D eigenvalue weighted by atomic mass is 16.5. The van der Waals surface area contributed by atoms with Crippen LogP contribution in [0.4, 0.5) is 0 Å². The third-order valence-electron chi connectivity index (χ3n) is 3.60. The number of hydrogen-bond donors (Lipinski definition) is 2. The molecule has 2 rings (SSSR count). The zero-order valence-electron chi connectivity index (χ0n) is 13.2. The van der Waals surface area contributed by atoms with Gasteiger partial charge in [0.2, 0.25) is 5.91 Å². The van der Waals surface area contributed by atoms with Crippen molar-refractivity contribution in [3.8, 4) is 0 Å². The highest BCUT2D eigenvalue weighted by Gasteiger charge is 2.31. The Hall–Kier alpha value is -1.88. The normalized spacial score (nSPS) is 20.9. The Bertz CT molecular complexity index is 502. The van der Waals surface area contributed by atoms with Gasteiger partial charge in [0.1, 0.15) is 12.6 Å². The van der Waals surface area contributed by atoms with E-state index in [0.717, 1.165) is 5.56 Å². The van der Waals surface area contributed by atoms with Crippen LogP contribution in [0.2, 0.25) is 0 Å². The zero-order valence-corrected chi connectivity index (χ0v) is 13.2. The average molecular weight is 304 g/mol. The van der Waals surface area contributed by atoms with Crippen molar-refractivity contribution in [2.45, 2.75) is 45.4 Å². The van der Waals surface area contributed by atoms with E-state index in [2.05, 4.69) is 10.6 Å². The Morgan fingerprint density at radius 2 is 2.05 bits per heavy atom. The molecule has 1 aliphatic heterocycles. The largest absolute Gasteiger partial charge is 0.460 e. The van der Waals surface area contributed by atoms with Gasteiger partial charge in [-0.25, -0.2) is 0 Å². The quantitative estimate of drug-likeness (QED) is 0.784. The van der Waals surface area contributed by atoms with E-state index >= 15 is 0 Å². The number of carbonyl (C=O) groups is 2.